The molecule has 0 aliphatic heterocycles. The summed E-state index contributed by atoms with van der Waals surface area (Å²) < 4.78 is 4.83. The smallest absolute Gasteiger partial charge is 0.0437 e. The van der Waals surface area contributed by atoms with Crippen LogP contribution >= 0.6 is 0 Å². The molecular formula is C13H28O. The van der Waals surface area contributed by atoms with Crippen LogP contribution in [-0.4, -0.2) is 13.2 Å². The van der Waals surface area contributed by atoms with E-state index < -0.39 is 0 Å². The van der Waals surface area contributed by atoms with Crippen molar-refractivity contribution in [1.29, 1.82) is 0 Å². The Kier molecular flexibility index (Phi) is 94.0. The summed E-state index contributed by atoms with van der Waals surface area (Å²) >= 11 is 0. The summed E-state index contributed by atoms with van der Waals surface area (Å²) in [5, 5.41) is 0. The van der Waals surface area contributed by atoms with Crippen molar-refractivity contribution < 1.29 is 4.74 Å². The third-order valence-corrected chi connectivity index (χ3v) is 0.408. The molecule has 0 saturated heterocycles. The Balaban J connectivity index is -0.0000000495. The van der Waals surface area contributed by atoms with Gasteiger partial charge < -0.3 is 4.74 Å². The summed E-state index contributed by atoms with van der Waals surface area (Å²) in [6.45, 7) is 21.4. The molecule has 0 fully saturated rings. The van der Waals surface area contributed by atoms with Gasteiger partial charge in [-0.05, 0) is 34.6 Å². The van der Waals surface area contributed by atoms with Crippen molar-refractivity contribution in [3.8, 4) is 0 Å². The average Bonchev–Trinajstić information content (AvgIpc) is 2.09. The molecule has 0 radical (unpaired) electrons. The Bertz CT molecular complexity index is 69.0. The molecule has 0 aromatic heterocycles. The van der Waals surface area contributed by atoms with Gasteiger partial charge in [-0.1, -0.05) is 18.2 Å². The first-order valence-electron chi connectivity index (χ1n) is 4.95. The standard InChI is InChI=1S/C4H10O.3C3H6/c1-3-5-4-2;3*1-3-2/h3-4H2,1-2H3;3*3H,1H2,2H3. The highest BCUT2D eigenvalue weighted by molar-refractivity contribution is 4.52. The highest BCUT2D eigenvalue weighted by Crippen LogP contribution is 1.64. The first-order valence-corrected chi connectivity index (χ1v) is 4.95. The van der Waals surface area contributed by atoms with Crippen molar-refractivity contribution in [3.63, 3.8) is 0 Å². The molecule has 86 valence electrons. The van der Waals surface area contributed by atoms with E-state index in [0.717, 1.165) is 13.2 Å². The van der Waals surface area contributed by atoms with E-state index in [2.05, 4.69) is 19.7 Å². The lowest BCUT2D eigenvalue weighted by Crippen LogP contribution is -1.84. The average molecular weight is 200 g/mol. The molecule has 14 heavy (non-hydrogen) atoms. The highest BCUT2D eigenvalue weighted by Gasteiger charge is 1.64. The molecule has 0 unspecified atom stereocenters. The molecule has 1 heteroatoms. The van der Waals surface area contributed by atoms with E-state index in [4.69, 9.17) is 4.74 Å². The Morgan fingerprint density at radius 2 is 0.929 bits per heavy atom. The molecular weight excluding hydrogens is 172 g/mol. The number of allylic oxidation sites excluding steroid dienone is 3. The molecule has 0 bridgehead atoms. The first-order chi connectivity index (χ1) is 6.66. The van der Waals surface area contributed by atoms with E-state index in [1.54, 1.807) is 18.2 Å². The van der Waals surface area contributed by atoms with Gasteiger partial charge in [0.1, 0.15) is 0 Å². The molecule has 0 rings (SSSR count). The van der Waals surface area contributed by atoms with Gasteiger partial charge in [-0.15, -0.1) is 19.7 Å². The molecule has 0 saturated carbocycles. The minimum atomic E-state index is 0.844. The van der Waals surface area contributed by atoms with Gasteiger partial charge in [0, 0.05) is 13.2 Å². The second kappa shape index (κ2) is 56.7. The van der Waals surface area contributed by atoms with Crippen molar-refractivity contribution in [2.45, 2.75) is 34.6 Å². The Morgan fingerprint density at radius 3 is 0.929 bits per heavy atom. The summed E-state index contributed by atoms with van der Waals surface area (Å²) in [5.74, 6) is 0. The van der Waals surface area contributed by atoms with Gasteiger partial charge in [-0.2, -0.15) is 0 Å². The monoisotopic (exact) mass is 200 g/mol. The molecule has 1 nitrogen and oxygen atoms in total. The largest absolute Gasteiger partial charge is 0.382 e. The van der Waals surface area contributed by atoms with E-state index in [1.165, 1.54) is 0 Å². The van der Waals surface area contributed by atoms with Gasteiger partial charge in [0.05, 0.1) is 0 Å². The first kappa shape index (κ1) is 23.2. The predicted molar refractivity (Wildman–Crippen MR) is 69.8 cm³/mol. The van der Waals surface area contributed by atoms with Crippen LogP contribution in [-0.2, 0) is 4.74 Å². The lowest BCUT2D eigenvalue weighted by molar-refractivity contribution is 0.162. The summed E-state index contributed by atoms with van der Waals surface area (Å²) in [6, 6.07) is 0. The van der Waals surface area contributed by atoms with Crippen LogP contribution < -0.4 is 0 Å². The molecule has 0 N–H and O–H groups in total. The molecule has 0 amide bonds. The molecule has 0 atom stereocenters. The molecule has 0 heterocycles. The fourth-order valence-electron chi connectivity index (χ4n) is 0.204. The topological polar surface area (TPSA) is 9.23 Å². The minimum absolute atomic E-state index is 0.844. The predicted octanol–water partition coefficient (Wildman–Crippen LogP) is 4.62. The van der Waals surface area contributed by atoms with Crippen LogP contribution in [0.4, 0.5) is 0 Å². The van der Waals surface area contributed by atoms with Crippen molar-refractivity contribution in [3.05, 3.63) is 38.0 Å². The van der Waals surface area contributed by atoms with Crippen LogP contribution in [0.3, 0.4) is 0 Å². The fraction of sp³-hybridized carbons (Fsp3) is 0.538. The molecule has 0 aliphatic carbocycles. The molecule has 0 aliphatic rings. The van der Waals surface area contributed by atoms with Gasteiger partial charge in [0.25, 0.3) is 0 Å². The number of hydrogen-bond acceptors (Lipinski definition) is 1. The number of hydrogen-bond donors (Lipinski definition) is 0. The normalized spacial score (nSPS) is 5.79. The van der Waals surface area contributed by atoms with E-state index in [-0.39, 0.29) is 0 Å². The summed E-state index contributed by atoms with van der Waals surface area (Å²) in [5.41, 5.74) is 0. The van der Waals surface area contributed by atoms with E-state index >= 15 is 0 Å². The second-order valence-electron chi connectivity index (χ2n) is 2.01. The molecule has 0 aromatic rings. The van der Waals surface area contributed by atoms with Gasteiger partial charge >= 0.3 is 0 Å². The van der Waals surface area contributed by atoms with Crippen molar-refractivity contribution in [2.24, 2.45) is 0 Å². The third-order valence-electron chi connectivity index (χ3n) is 0.408. The summed E-state index contributed by atoms with van der Waals surface area (Å²) in [7, 11) is 0. The van der Waals surface area contributed by atoms with Gasteiger partial charge in [0.2, 0.25) is 0 Å². The van der Waals surface area contributed by atoms with E-state index in [9.17, 15) is 0 Å². The van der Waals surface area contributed by atoms with E-state index in [1.807, 2.05) is 34.6 Å². The Morgan fingerprint density at radius 1 is 0.786 bits per heavy atom. The Hall–Kier alpha value is -0.820. The number of rotatable bonds is 2. The second-order valence-corrected chi connectivity index (χ2v) is 2.01. The lowest BCUT2D eigenvalue weighted by Gasteiger charge is -1.86. The number of ether oxygens (including phenoxy) is 1. The summed E-state index contributed by atoms with van der Waals surface area (Å²) in [6.07, 6.45) is 5.25. The van der Waals surface area contributed by atoms with Crippen LogP contribution in [0, 0.1) is 0 Å². The molecule has 0 aromatic carbocycles. The van der Waals surface area contributed by atoms with Gasteiger partial charge in [-0.3, -0.25) is 0 Å². The van der Waals surface area contributed by atoms with E-state index in [0.29, 0.717) is 0 Å². The maximum absolute atomic E-state index is 4.83. The highest BCUT2D eigenvalue weighted by atomic mass is 16.5. The maximum atomic E-state index is 4.83. The molecule has 0 spiro atoms. The van der Waals surface area contributed by atoms with Crippen molar-refractivity contribution in [1.82, 2.24) is 0 Å². The van der Waals surface area contributed by atoms with Gasteiger partial charge in [0.15, 0.2) is 0 Å². The lowest BCUT2D eigenvalue weighted by atomic mass is 10.8. The maximum Gasteiger partial charge on any atom is 0.0437 e. The van der Waals surface area contributed by atoms with Crippen LogP contribution in [0.2, 0.25) is 0 Å². The van der Waals surface area contributed by atoms with Crippen molar-refractivity contribution in [2.75, 3.05) is 13.2 Å². The van der Waals surface area contributed by atoms with Crippen LogP contribution in [0.1, 0.15) is 34.6 Å². The SMILES string of the molecule is C=CC.C=CC.C=CC.CCOCC. The Labute approximate surface area is 91.2 Å². The van der Waals surface area contributed by atoms with Crippen molar-refractivity contribution >= 4 is 0 Å². The van der Waals surface area contributed by atoms with Crippen LogP contribution in [0.15, 0.2) is 38.0 Å². The van der Waals surface area contributed by atoms with Gasteiger partial charge in [-0.25, -0.2) is 0 Å². The quantitative estimate of drug-likeness (QED) is 0.591. The zero-order valence-corrected chi connectivity index (χ0v) is 10.7. The minimum Gasteiger partial charge on any atom is -0.382 e. The zero-order valence-electron chi connectivity index (χ0n) is 10.7. The summed E-state index contributed by atoms with van der Waals surface area (Å²) in [4.78, 5) is 0. The fourth-order valence-corrected chi connectivity index (χ4v) is 0.204. The van der Waals surface area contributed by atoms with Crippen LogP contribution in [0.25, 0.3) is 0 Å². The van der Waals surface area contributed by atoms with Crippen LogP contribution in [0.5, 0.6) is 0 Å². The zero-order chi connectivity index (χ0) is 12.2. The third kappa shape index (κ3) is 832.